The number of rotatable bonds is 6. The molecule has 0 aliphatic carbocycles. The molecular weight excluding hydrogens is 431 g/mol. The topological polar surface area (TPSA) is 91.5 Å². The molecule has 2 heterocycles. The van der Waals surface area contributed by atoms with Gasteiger partial charge in [0.1, 0.15) is 6.04 Å². The highest BCUT2D eigenvalue weighted by Gasteiger charge is 2.40. The van der Waals surface area contributed by atoms with E-state index in [1.807, 2.05) is 24.3 Å². The predicted octanol–water partition coefficient (Wildman–Crippen LogP) is 4.08. The van der Waals surface area contributed by atoms with Crippen LogP contribution in [0.2, 0.25) is 0 Å². The molecule has 174 valence electrons. The van der Waals surface area contributed by atoms with Crippen molar-refractivity contribution in [2.75, 3.05) is 6.54 Å². The van der Waals surface area contributed by atoms with Crippen LogP contribution in [0, 0.1) is 10.6 Å². The summed E-state index contributed by atoms with van der Waals surface area (Å²) in [4.78, 5) is 5.82. The van der Waals surface area contributed by atoms with E-state index < -0.39 is 17.8 Å². The van der Waals surface area contributed by atoms with E-state index in [1.165, 1.54) is 17.7 Å². The maximum atomic E-state index is 13.8. The molecule has 0 saturated carbocycles. The maximum Gasteiger partial charge on any atom is 0.416 e. The number of likely N-dealkylation sites (tertiary alicyclic amines) is 1. The van der Waals surface area contributed by atoms with Gasteiger partial charge in [-0.1, -0.05) is 42.2 Å². The first-order valence-electron chi connectivity index (χ1n) is 11.0. The van der Waals surface area contributed by atoms with E-state index >= 15 is 0 Å². The summed E-state index contributed by atoms with van der Waals surface area (Å²) >= 11 is 0. The van der Waals surface area contributed by atoms with E-state index in [4.69, 9.17) is 11.1 Å². The fourth-order valence-electron chi connectivity index (χ4n) is 4.40. The number of aryl methyl sites for hydroxylation is 3. The first kappa shape index (κ1) is 22.8. The van der Waals surface area contributed by atoms with Crippen molar-refractivity contribution in [3.63, 3.8) is 0 Å². The average molecular weight is 458 g/mol. The van der Waals surface area contributed by atoms with Crippen LogP contribution >= 0.6 is 0 Å². The Labute approximate surface area is 190 Å². The number of halogens is 3. The lowest BCUT2D eigenvalue weighted by molar-refractivity contribution is -0.345. The summed E-state index contributed by atoms with van der Waals surface area (Å²) in [6.45, 7) is 2.60. The number of nitrogens with two attached hydrogens (primary N) is 1. The molecule has 0 amide bonds. The second-order valence-corrected chi connectivity index (χ2v) is 8.36. The molecule has 0 spiro atoms. The molecule has 2 aromatic rings. The van der Waals surface area contributed by atoms with Crippen molar-refractivity contribution >= 4 is 17.6 Å². The Morgan fingerprint density at radius 1 is 1.18 bits per heavy atom. The fourth-order valence-corrected chi connectivity index (χ4v) is 4.40. The highest BCUT2D eigenvalue weighted by atomic mass is 19.4. The number of nitrogens with zero attached hydrogens (tertiary/aromatic N) is 3. The Morgan fingerprint density at radius 2 is 1.88 bits per heavy atom. The first-order valence-corrected chi connectivity index (χ1v) is 11.0. The summed E-state index contributed by atoms with van der Waals surface area (Å²) < 4.78 is 42.0. The normalized spacial score (nSPS) is 18.4. The number of aliphatic imine (C=N–C) groups is 1. The van der Waals surface area contributed by atoms with Gasteiger partial charge in [0.15, 0.2) is 5.96 Å². The molecule has 3 N–H and O–H groups in total. The van der Waals surface area contributed by atoms with Gasteiger partial charge in [-0.3, -0.25) is 5.41 Å². The summed E-state index contributed by atoms with van der Waals surface area (Å²) in [6.07, 6.45) is -1.52. The lowest BCUT2D eigenvalue weighted by Crippen LogP contribution is -2.50. The van der Waals surface area contributed by atoms with Gasteiger partial charge in [-0.25, -0.2) is 4.74 Å². The average Bonchev–Trinajstić information content (AvgIpc) is 3.26. The second-order valence-electron chi connectivity index (χ2n) is 8.36. The highest BCUT2D eigenvalue weighted by molar-refractivity contribution is 6.12. The number of hydrogen-bond donors (Lipinski definition) is 2. The summed E-state index contributed by atoms with van der Waals surface area (Å²) in [6, 6.07) is 11.4. The van der Waals surface area contributed by atoms with Crippen molar-refractivity contribution in [1.29, 1.82) is 5.41 Å². The minimum Gasteiger partial charge on any atom is -0.740 e. The Hall–Kier alpha value is -3.36. The molecule has 0 bridgehead atoms. The molecule has 1 saturated heterocycles. The summed E-state index contributed by atoms with van der Waals surface area (Å²) in [5.41, 5.74) is 7.29. The number of benzene rings is 2. The van der Waals surface area contributed by atoms with Gasteiger partial charge in [-0.05, 0) is 60.9 Å². The van der Waals surface area contributed by atoms with Crippen LogP contribution in [0.5, 0.6) is 0 Å². The third kappa shape index (κ3) is 4.58. The van der Waals surface area contributed by atoms with Crippen LogP contribution in [0.25, 0.3) is 0 Å². The number of guanidine groups is 1. The summed E-state index contributed by atoms with van der Waals surface area (Å²) in [7, 11) is 0. The van der Waals surface area contributed by atoms with Gasteiger partial charge >= 0.3 is 6.18 Å². The highest BCUT2D eigenvalue weighted by Crippen LogP contribution is 2.34. The number of nitrogens with one attached hydrogen (secondary N) is 1. The lowest BCUT2D eigenvalue weighted by atomic mass is 9.96. The van der Waals surface area contributed by atoms with Crippen LogP contribution in [0.4, 0.5) is 13.2 Å². The molecule has 33 heavy (non-hydrogen) atoms. The Bertz CT molecular complexity index is 1120. The van der Waals surface area contributed by atoms with E-state index in [0.29, 0.717) is 24.1 Å². The fraction of sp³-hybridized carbons (Fsp3) is 0.375. The minimum absolute atomic E-state index is 0.0485. The van der Waals surface area contributed by atoms with Crippen molar-refractivity contribution < 1.29 is 17.9 Å². The van der Waals surface area contributed by atoms with Crippen LogP contribution < -0.4 is 5.73 Å². The van der Waals surface area contributed by atoms with Gasteiger partial charge in [-0.15, -0.1) is 0 Å². The SMILES string of the molecule is CCc1ccc(CCc2ccc(C3=[N+]([O-])C([C@@H]4CCCN4C(=N)N)=N3)cc2C(F)(F)F)cc1. The molecule has 9 heteroatoms. The smallest absolute Gasteiger partial charge is 0.416 e. The largest absolute Gasteiger partial charge is 0.740 e. The first-order chi connectivity index (χ1) is 15.7. The van der Waals surface area contributed by atoms with Gasteiger partial charge in [-0.2, -0.15) is 13.2 Å². The van der Waals surface area contributed by atoms with Crippen LogP contribution in [0.3, 0.4) is 0 Å². The quantitative estimate of drug-likeness (QED) is 0.296. The molecule has 6 nitrogen and oxygen atoms in total. The number of alkyl halides is 3. The zero-order valence-electron chi connectivity index (χ0n) is 18.3. The van der Waals surface area contributed by atoms with Crippen molar-refractivity contribution in [3.05, 3.63) is 75.5 Å². The van der Waals surface area contributed by atoms with E-state index in [9.17, 15) is 18.4 Å². The molecule has 0 unspecified atom stereocenters. The predicted molar refractivity (Wildman–Crippen MR) is 121 cm³/mol. The van der Waals surface area contributed by atoms with Gasteiger partial charge in [0.05, 0.1) is 11.1 Å². The summed E-state index contributed by atoms with van der Waals surface area (Å²) in [5, 5.41) is 20.3. The lowest BCUT2D eigenvalue weighted by Gasteiger charge is -2.30. The Kier molecular flexibility index (Phi) is 6.14. The molecule has 1 atom stereocenters. The monoisotopic (exact) mass is 457 g/mol. The molecular formula is C24H26F3N5O. The van der Waals surface area contributed by atoms with E-state index in [-0.39, 0.29) is 35.2 Å². The van der Waals surface area contributed by atoms with Crippen molar-refractivity contribution in [1.82, 2.24) is 4.90 Å². The van der Waals surface area contributed by atoms with Crippen molar-refractivity contribution in [2.45, 2.75) is 51.2 Å². The number of hydrogen-bond acceptors (Lipinski definition) is 3. The zero-order chi connectivity index (χ0) is 23.8. The zero-order valence-corrected chi connectivity index (χ0v) is 18.3. The summed E-state index contributed by atoms with van der Waals surface area (Å²) in [5.74, 6) is -0.00596. The Morgan fingerprint density at radius 3 is 2.48 bits per heavy atom. The van der Waals surface area contributed by atoms with Gasteiger partial charge in [0.25, 0.3) is 11.7 Å². The van der Waals surface area contributed by atoms with Crippen LogP contribution in [-0.2, 0) is 25.4 Å². The van der Waals surface area contributed by atoms with E-state index in [2.05, 4.69) is 11.9 Å². The molecule has 2 aromatic carbocycles. The third-order valence-corrected chi connectivity index (χ3v) is 6.27. The van der Waals surface area contributed by atoms with Crippen LogP contribution in [0.15, 0.2) is 47.5 Å². The van der Waals surface area contributed by atoms with Crippen LogP contribution in [-0.4, -0.2) is 39.9 Å². The molecule has 4 rings (SSSR count). The molecule has 2 aliphatic heterocycles. The molecule has 1 fully saturated rings. The standard InChI is InChI=1S/C24H26F3N5O/c1-2-15-5-7-16(8-6-15)9-10-17-11-12-18(14-19(17)24(25,26)27)21-30-22(32(21)33)20-4-3-13-31(20)23(28)29/h5-8,11-12,14,20H,2-4,9-10,13H2,1H3,(H3,28,29)/t20-/m0/s1. The Balaban J connectivity index is 1.54. The second kappa shape index (κ2) is 8.88. The van der Waals surface area contributed by atoms with E-state index in [0.717, 1.165) is 24.5 Å². The molecule has 2 aliphatic rings. The maximum absolute atomic E-state index is 13.8. The van der Waals surface area contributed by atoms with Gasteiger partial charge in [0.2, 0.25) is 0 Å². The third-order valence-electron chi connectivity index (χ3n) is 6.27. The van der Waals surface area contributed by atoms with Crippen molar-refractivity contribution in [2.24, 2.45) is 10.7 Å². The number of hydroxylamine groups is 1. The van der Waals surface area contributed by atoms with Gasteiger partial charge in [0, 0.05) is 6.54 Å². The molecule has 0 radical (unpaired) electrons. The van der Waals surface area contributed by atoms with Crippen molar-refractivity contribution in [3.8, 4) is 0 Å². The molecule has 0 aromatic heterocycles. The minimum atomic E-state index is -4.54. The number of amidine groups is 2. The van der Waals surface area contributed by atoms with Gasteiger partial charge < -0.3 is 15.8 Å². The van der Waals surface area contributed by atoms with E-state index in [1.54, 1.807) is 4.90 Å². The van der Waals surface area contributed by atoms with Crippen LogP contribution in [0.1, 0.15) is 47.6 Å².